The largest absolute Gasteiger partial charge is 0.457 e. The summed E-state index contributed by atoms with van der Waals surface area (Å²) in [5.41, 5.74) is -2.78. The molecule has 0 aromatic rings. The Morgan fingerprint density at radius 1 is 1.29 bits per heavy atom. The average molecular weight is 330 g/mol. The fraction of sp³-hybridized carbons (Fsp3) is 0.700. The Morgan fingerprint density at radius 3 is 2.67 bits per heavy atom. The summed E-state index contributed by atoms with van der Waals surface area (Å²) in [6, 6.07) is 0. The van der Waals surface area contributed by atoms with E-state index in [0.29, 0.717) is 18.4 Å². The van der Waals surface area contributed by atoms with Gasteiger partial charge in [0.25, 0.3) is 0 Å². The summed E-state index contributed by atoms with van der Waals surface area (Å²) in [6.45, 7) is 10.1. The highest BCUT2D eigenvalue weighted by Gasteiger charge is 2.76. The normalized spacial score (nSPS) is 48.9. The molecule has 0 radical (unpaired) electrons. The molecule has 0 aromatic heterocycles. The number of allylic oxidation sites excluding steroid dienone is 2. The van der Waals surface area contributed by atoms with Crippen LogP contribution in [-0.4, -0.2) is 28.6 Å². The molecular formula is C20H26O4. The number of hydrogen-bond acceptors (Lipinski definition) is 4. The van der Waals surface area contributed by atoms with Crippen LogP contribution >= 0.6 is 0 Å². The second kappa shape index (κ2) is 4.40. The standard InChI is InChI=1S/C20H26O4/c1-5-18(4)10-12-13-9-14-17(2,3)7-6-8-19(14,16(22)24-13)20(12,23)15(21)11-18/h5,10,13-14,23H,1,6-9,11H2,2-4H3/t13-,14-,18+,19-,20-/m0/s1. The van der Waals surface area contributed by atoms with Crippen LogP contribution in [0.5, 0.6) is 0 Å². The maximum atomic E-state index is 13.2. The molecule has 1 spiro atoms. The SMILES string of the molecule is C=C[C@]1(C)C=C2[C@@H]3C[C@H]4C(C)(C)CCC[C@]4(C(=O)O3)[C@@]2(O)C(=O)C1. The predicted molar refractivity (Wildman–Crippen MR) is 89.0 cm³/mol. The van der Waals surface area contributed by atoms with Crippen molar-refractivity contribution in [1.82, 2.24) is 0 Å². The highest BCUT2D eigenvalue weighted by atomic mass is 16.6. The van der Waals surface area contributed by atoms with Crippen molar-refractivity contribution < 1.29 is 19.4 Å². The molecule has 5 atom stereocenters. The zero-order valence-electron chi connectivity index (χ0n) is 14.7. The Hall–Kier alpha value is -1.42. The first kappa shape index (κ1) is 16.1. The third-order valence-electron chi connectivity index (χ3n) is 7.30. The summed E-state index contributed by atoms with van der Waals surface area (Å²) in [5, 5.41) is 11.7. The molecule has 4 nitrogen and oxygen atoms in total. The Balaban J connectivity index is 1.98. The summed E-state index contributed by atoms with van der Waals surface area (Å²) in [5.74, 6) is -0.637. The van der Waals surface area contributed by atoms with Crippen molar-refractivity contribution in [2.24, 2.45) is 22.2 Å². The molecule has 4 fully saturated rings. The lowest BCUT2D eigenvalue weighted by Gasteiger charge is -2.66. The molecule has 0 amide bonds. The fourth-order valence-corrected chi connectivity index (χ4v) is 5.98. The minimum atomic E-state index is -1.70. The van der Waals surface area contributed by atoms with E-state index in [-0.39, 0.29) is 29.5 Å². The number of rotatable bonds is 1. The lowest BCUT2D eigenvalue weighted by atomic mass is 9.41. The molecule has 2 bridgehead atoms. The molecule has 1 N–H and O–H groups in total. The Kier molecular flexibility index (Phi) is 2.95. The molecule has 5 rings (SSSR count). The van der Waals surface area contributed by atoms with E-state index < -0.39 is 22.5 Å². The van der Waals surface area contributed by atoms with Gasteiger partial charge in [-0.1, -0.05) is 39.3 Å². The number of carbonyl (C=O) groups is 2. The van der Waals surface area contributed by atoms with Gasteiger partial charge in [-0.3, -0.25) is 9.59 Å². The maximum absolute atomic E-state index is 13.2. The third kappa shape index (κ3) is 1.58. The van der Waals surface area contributed by atoms with Crippen LogP contribution in [0.2, 0.25) is 0 Å². The van der Waals surface area contributed by atoms with E-state index in [2.05, 4.69) is 20.4 Å². The number of carbonyl (C=O) groups excluding carboxylic acids is 2. The quantitative estimate of drug-likeness (QED) is 0.593. The first-order valence-electron chi connectivity index (χ1n) is 8.94. The second-order valence-corrected chi connectivity index (χ2v) is 9.12. The third-order valence-corrected chi connectivity index (χ3v) is 7.30. The van der Waals surface area contributed by atoms with Gasteiger partial charge in [-0.15, -0.1) is 6.58 Å². The summed E-state index contributed by atoms with van der Waals surface area (Å²) in [4.78, 5) is 26.1. The van der Waals surface area contributed by atoms with Gasteiger partial charge in [-0.2, -0.15) is 0 Å². The van der Waals surface area contributed by atoms with Crippen LogP contribution in [0.25, 0.3) is 0 Å². The highest BCUT2D eigenvalue weighted by Crippen LogP contribution is 2.68. The Bertz CT molecular complexity index is 690. The van der Waals surface area contributed by atoms with E-state index in [9.17, 15) is 14.7 Å². The number of hydrogen-bond donors (Lipinski definition) is 1. The number of fused-ring (bicyclic) bond motifs is 1. The monoisotopic (exact) mass is 330 g/mol. The smallest absolute Gasteiger partial charge is 0.316 e. The van der Waals surface area contributed by atoms with Crippen LogP contribution in [0.1, 0.15) is 52.9 Å². The fourth-order valence-electron chi connectivity index (χ4n) is 5.98. The zero-order chi connectivity index (χ0) is 17.5. The molecule has 3 aliphatic carbocycles. The van der Waals surface area contributed by atoms with Crippen LogP contribution in [0, 0.1) is 22.2 Å². The van der Waals surface area contributed by atoms with Gasteiger partial charge in [-0.25, -0.2) is 0 Å². The van der Waals surface area contributed by atoms with Gasteiger partial charge in [-0.05, 0) is 30.6 Å². The molecule has 5 aliphatic rings. The van der Waals surface area contributed by atoms with Gasteiger partial charge >= 0.3 is 5.97 Å². The summed E-state index contributed by atoms with van der Waals surface area (Å²) in [6.07, 6.45) is 6.45. The molecule has 2 saturated carbocycles. The van der Waals surface area contributed by atoms with Crippen molar-refractivity contribution in [2.45, 2.75) is 64.6 Å². The molecular weight excluding hydrogens is 304 g/mol. The number of aliphatic hydroxyl groups is 1. The van der Waals surface area contributed by atoms with Crippen LogP contribution < -0.4 is 0 Å². The minimum absolute atomic E-state index is 0.0239. The van der Waals surface area contributed by atoms with Crippen LogP contribution in [0.4, 0.5) is 0 Å². The van der Waals surface area contributed by atoms with Crippen molar-refractivity contribution >= 4 is 11.8 Å². The summed E-state index contributed by atoms with van der Waals surface area (Å²) < 4.78 is 5.71. The minimum Gasteiger partial charge on any atom is -0.457 e. The lowest BCUT2D eigenvalue weighted by molar-refractivity contribution is -0.243. The molecule has 2 saturated heterocycles. The van der Waals surface area contributed by atoms with E-state index in [0.717, 1.165) is 12.8 Å². The Labute approximate surface area is 143 Å². The Morgan fingerprint density at radius 2 is 2.00 bits per heavy atom. The van der Waals surface area contributed by atoms with Crippen molar-refractivity contribution in [3.8, 4) is 0 Å². The van der Waals surface area contributed by atoms with Crippen molar-refractivity contribution in [3.63, 3.8) is 0 Å². The lowest BCUT2D eigenvalue weighted by Crippen LogP contribution is -2.75. The zero-order valence-corrected chi connectivity index (χ0v) is 14.7. The maximum Gasteiger partial charge on any atom is 0.316 e. The number of ether oxygens (including phenoxy) is 1. The van der Waals surface area contributed by atoms with Gasteiger partial charge in [0.1, 0.15) is 11.5 Å². The highest BCUT2D eigenvalue weighted by molar-refractivity contribution is 6.02. The van der Waals surface area contributed by atoms with Gasteiger partial charge in [0.2, 0.25) is 0 Å². The van der Waals surface area contributed by atoms with Gasteiger partial charge in [0, 0.05) is 17.4 Å². The molecule has 2 aliphatic heterocycles. The van der Waals surface area contributed by atoms with E-state index in [1.54, 1.807) is 6.08 Å². The number of ketones is 1. The van der Waals surface area contributed by atoms with E-state index in [4.69, 9.17) is 4.74 Å². The van der Waals surface area contributed by atoms with Crippen molar-refractivity contribution in [3.05, 3.63) is 24.3 Å². The first-order valence-corrected chi connectivity index (χ1v) is 8.94. The van der Waals surface area contributed by atoms with Gasteiger partial charge < -0.3 is 9.84 Å². The topological polar surface area (TPSA) is 63.6 Å². The first-order chi connectivity index (χ1) is 11.1. The van der Waals surface area contributed by atoms with Gasteiger partial charge in [0.15, 0.2) is 11.4 Å². The molecule has 130 valence electrons. The van der Waals surface area contributed by atoms with E-state index in [1.165, 1.54) is 0 Å². The van der Waals surface area contributed by atoms with Crippen molar-refractivity contribution in [2.75, 3.05) is 0 Å². The molecule has 0 unspecified atom stereocenters. The average Bonchev–Trinajstić information content (AvgIpc) is 2.50. The number of Topliss-reactive ketones (excluding diaryl/α,β-unsaturated/α-hetero) is 1. The van der Waals surface area contributed by atoms with Crippen LogP contribution in [0.15, 0.2) is 24.3 Å². The molecule has 0 aromatic carbocycles. The van der Waals surface area contributed by atoms with Gasteiger partial charge in [0.05, 0.1) is 0 Å². The molecule has 2 heterocycles. The molecule has 4 heteroatoms. The van der Waals surface area contributed by atoms with E-state index in [1.807, 2.05) is 13.0 Å². The second-order valence-electron chi connectivity index (χ2n) is 9.12. The number of esters is 1. The van der Waals surface area contributed by atoms with Crippen LogP contribution in [0.3, 0.4) is 0 Å². The molecule has 24 heavy (non-hydrogen) atoms. The predicted octanol–water partition coefficient (Wildman–Crippen LogP) is 2.95. The van der Waals surface area contributed by atoms with E-state index >= 15 is 0 Å². The summed E-state index contributed by atoms with van der Waals surface area (Å²) >= 11 is 0. The van der Waals surface area contributed by atoms with Crippen molar-refractivity contribution in [1.29, 1.82) is 0 Å². The van der Waals surface area contributed by atoms with Crippen LogP contribution in [-0.2, 0) is 14.3 Å². The summed E-state index contributed by atoms with van der Waals surface area (Å²) in [7, 11) is 0.